The van der Waals surface area contributed by atoms with Crippen LogP contribution in [-0.2, 0) is 6.54 Å². The molecule has 0 fully saturated rings. The number of nitrogens with zero attached hydrogens (tertiary/aromatic N) is 3. The average Bonchev–Trinajstić information content (AvgIpc) is 2.66. The average molecular weight is 245 g/mol. The molecule has 0 spiro atoms. The summed E-state index contributed by atoms with van der Waals surface area (Å²) in [5.41, 5.74) is 10.6. The summed E-state index contributed by atoms with van der Waals surface area (Å²) in [5, 5.41) is 1.54. The minimum atomic E-state index is 0.536. The van der Waals surface area contributed by atoms with Crippen molar-refractivity contribution in [1.82, 2.24) is 14.4 Å². The van der Waals surface area contributed by atoms with Gasteiger partial charge in [0.15, 0.2) is 0 Å². The van der Waals surface area contributed by atoms with Crippen molar-refractivity contribution >= 4 is 5.65 Å². The lowest BCUT2D eigenvalue weighted by Crippen LogP contribution is -2.25. The van der Waals surface area contributed by atoms with Crippen LogP contribution in [0.2, 0.25) is 0 Å². The van der Waals surface area contributed by atoms with Gasteiger partial charge >= 0.3 is 0 Å². The van der Waals surface area contributed by atoms with Gasteiger partial charge in [-0.25, -0.2) is 10.8 Å². The predicted molar refractivity (Wildman–Crippen MR) is 72.3 cm³/mol. The standard InChI is InChI=1S/C13H19N5/c1-9-4-5-13-16-12(8-18(13)11(9)3)7-17(15)6-10(2)14/h4-6,8H,7,14-15H2,1-3H3/b10-6-. The van der Waals surface area contributed by atoms with Gasteiger partial charge < -0.3 is 15.1 Å². The van der Waals surface area contributed by atoms with E-state index in [9.17, 15) is 0 Å². The van der Waals surface area contributed by atoms with E-state index in [1.807, 2.05) is 12.3 Å². The number of rotatable bonds is 3. The molecule has 96 valence electrons. The quantitative estimate of drug-likeness (QED) is 0.634. The first-order chi connectivity index (χ1) is 8.47. The molecule has 0 saturated carbocycles. The molecule has 0 radical (unpaired) electrons. The molecule has 0 aliphatic heterocycles. The molecule has 0 atom stereocenters. The number of pyridine rings is 1. The number of hydrogen-bond donors (Lipinski definition) is 2. The van der Waals surface area contributed by atoms with Crippen molar-refractivity contribution in [3.05, 3.63) is 47.2 Å². The van der Waals surface area contributed by atoms with Crippen molar-refractivity contribution in [2.24, 2.45) is 11.6 Å². The highest BCUT2D eigenvalue weighted by molar-refractivity contribution is 5.44. The summed E-state index contributed by atoms with van der Waals surface area (Å²) >= 11 is 0. The summed E-state index contributed by atoms with van der Waals surface area (Å²) < 4.78 is 2.08. The van der Waals surface area contributed by atoms with Crippen LogP contribution >= 0.6 is 0 Å². The molecule has 0 amide bonds. The molecule has 0 aliphatic carbocycles. The molecule has 2 aromatic heterocycles. The number of imidazole rings is 1. The monoisotopic (exact) mass is 245 g/mol. The second kappa shape index (κ2) is 4.70. The Morgan fingerprint density at radius 3 is 2.83 bits per heavy atom. The van der Waals surface area contributed by atoms with Crippen LogP contribution in [-0.4, -0.2) is 14.4 Å². The highest BCUT2D eigenvalue weighted by Crippen LogP contribution is 2.13. The van der Waals surface area contributed by atoms with E-state index in [0.29, 0.717) is 12.2 Å². The van der Waals surface area contributed by atoms with Gasteiger partial charge in [-0.1, -0.05) is 6.07 Å². The first kappa shape index (κ1) is 12.4. The van der Waals surface area contributed by atoms with Gasteiger partial charge in [0.2, 0.25) is 0 Å². The molecule has 18 heavy (non-hydrogen) atoms. The largest absolute Gasteiger partial charge is 0.401 e. The van der Waals surface area contributed by atoms with Crippen LogP contribution in [0.25, 0.3) is 5.65 Å². The fourth-order valence-electron chi connectivity index (χ4n) is 1.91. The summed E-state index contributed by atoms with van der Waals surface area (Å²) in [6, 6.07) is 4.09. The molecule has 4 N–H and O–H groups in total. The molecule has 5 nitrogen and oxygen atoms in total. The van der Waals surface area contributed by atoms with E-state index < -0.39 is 0 Å². The smallest absolute Gasteiger partial charge is 0.137 e. The van der Waals surface area contributed by atoms with Crippen molar-refractivity contribution in [1.29, 1.82) is 0 Å². The van der Waals surface area contributed by atoms with Crippen LogP contribution in [0.4, 0.5) is 0 Å². The third-order valence-electron chi connectivity index (χ3n) is 2.91. The minimum absolute atomic E-state index is 0.536. The summed E-state index contributed by atoms with van der Waals surface area (Å²) in [7, 11) is 0. The molecule has 0 saturated heterocycles. The Kier molecular flexibility index (Phi) is 3.25. The highest BCUT2D eigenvalue weighted by Gasteiger charge is 2.06. The van der Waals surface area contributed by atoms with Crippen molar-refractivity contribution in [3.63, 3.8) is 0 Å². The van der Waals surface area contributed by atoms with E-state index in [2.05, 4.69) is 29.3 Å². The molecular weight excluding hydrogens is 226 g/mol. The summed E-state index contributed by atoms with van der Waals surface area (Å²) in [5.74, 6) is 5.82. The van der Waals surface area contributed by atoms with Crippen LogP contribution in [0.3, 0.4) is 0 Å². The summed E-state index contributed by atoms with van der Waals surface area (Å²) in [4.78, 5) is 4.53. The zero-order valence-corrected chi connectivity index (χ0v) is 11.0. The van der Waals surface area contributed by atoms with Crippen LogP contribution in [0.15, 0.2) is 30.2 Å². The first-order valence-electron chi connectivity index (χ1n) is 5.87. The van der Waals surface area contributed by atoms with Crippen LogP contribution < -0.4 is 11.6 Å². The Morgan fingerprint density at radius 2 is 2.17 bits per heavy atom. The topological polar surface area (TPSA) is 72.6 Å². The Bertz CT molecular complexity index is 593. The van der Waals surface area contributed by atoms with Gasteiger partial charge in [-0.3, -0.25) is 0 Å². The second-order valence-corrected chi connectivity index (χ2v) is 4.61. The van der Waals surface area contributed by atoms with E-state index in [1.165, 1.54) is 11.3 Å². The Morgan fingerprint density at radius 1 is 1.44 bits per heavy atom. The van der Waals surface area contributed by atoms with E-state index in [0.717, 1.165) is 11.3 Å². The maximum absolute atomic E-state index is 5.82. The van der Waals surface area contributed by atoms with Gasteiger partial charge in [-0.15, -0.1) is 0 Å². The number of aryl methyl sites for hydroxylation is 2. The Labute approximate surface area is 107 Å². The normalized spacial score (nSPS) is 12.1. The van der Waals surface area contributed by atoms with Crippen molar-refractivity contribution < 1.29 is 0 Å². The van der Waals surface area contributed by atoms with Gasteiger partial charge in [0.05, 0.1) is 12.2 Å². The van der Waals surface area contributed by atoms with E-state index in [-0.39, 0.29) is 0 Å². The number of fused-ring (bicyclic) bond motifs is 1. The minimum Gasteiger partial charge on any atom is -0.401 e. The van der Waals surface area contributed by atoms with Gasteiger partial charge in [0.1, 0.15) is 5.65 Å². The molecule has 0 bridgehead atoms. The molecule has 0 aromatic carbocycles. The predicted octanol–water partition coefficient (Wildman–Crippen LogP) is 1.45. The first-order valence-corrected chi connectivity index (χ1v) is 5.87. The van der Waals surface area contributed by atoms with Crippen LogP contribution in [0.1, 0.15) is 23.9 Å². The summed E-state index contributed by atoms with van der Waals surface area (Å²) in [6.07, 6.45) is 3.71. The number of allylic oxidation sites excluding steroid dienone is 1. The Hall–Kier alpha value is -2.01. The Balaban J connectivity index is 2.31. The maximum atomic E-state index is 5.82. The maximum Gasteiger partial charge on any atom is 0.137 e. The number of hydrazine groups is 1. The third kappa shape index (κ3) is 2.46. The van der Waals surface area contributed by atoms with Crippen molar-refractivity contribution in [3.8, 4) is 0 Å². The van der Waals surface area contributed by atoms with Gasteiger partial charge in [-0.2, -0.15) is 0 Å². The fraction of sp³-hybridized carbons (Fsp3) is 0.308. The van der Waals surface area contributed by atoms with E-state index >= 15 is 0 Å². The number of hydrogen-bond acceptors (Lipinski definition) is 4. The molecule has 0 aliphatic rings. The van der Waals surface area contributed by atoms with Crippen LogP contribution in [0, 0.1) is 13.8 Å². The zero-order valence-electron chi connectivity index (χ0n) is 11.0. The van der Waals surface area contributed by atoms with Crippen molar-refractivity contribution in [2.45, 2.75) is 27.3 Å². The second-order valence-electron chi connectivity index (χ2n) is 4.61. The SMILES string of the molecule is C/C(N)=C/N(N)Cc1cn2c(C)c(C)ccc2n1. The fourth-order valence-corrected chi connectivity index (χ4v) is 1.91. The highest BCUT2D eigenvalue weighted by atomic mass is 15.4. The van der Waals surface area contributed by atoms with Gasteiger partial charge in [0.25, 0.3) is 0 Å². The summed E-state index contributed by atoms with van der Waals surface area (Å²) in [6.45, 7) is 6.51. The molecular formula is C13H19N5. The lowest BCUT2D eigenvalue weighted by Gasteiger charge is -2.11. The third-order valence-corrected chi connectivity index (χ3v) is 2.91. The molecule has 5 heteroatoms. The van der Waals surface area contributed by atoms with Gasteiger partial charge in [0, 0.05) is 23.8 Å². The molecule has 2 aromatic rings. The number of aromatic nitrogens is 2. The van der Waals surface area contributed by atoms with Crippen LogP contribution in [0.5, 0.6) is 0 Å². The molecule has 2 heterocycles. The lowest BCUT2D eigenvalue weighted by atomic mass is 10.2. The van der Waals surface area contributed by atoms with E-state index in [1.54, 1.807) is 18.1 Å². The number of nitrogens with two attached hydrogens (primary N) is 2. The lowest BCUT2D eigenvalue weighted by molar-refractivity contribution is 0.379. The van der Waals surface area contributed by atoms with Crippen molar-refractivity contribution in [2.75, 3.05) is 0 Å². The molecule has 0 unspecified atom stereocenters. The van der Waals surface area contributed by atoms with Gasteiger partial charge in [-0.05, 0) is 32.4 Å². The van der Waals surface area contributed by atoms with E-state index in [4.69, 9.17) is 11.6 Å². The zero-order chi connectivity index (χ0) is 13.3. The molecule has 2 rings (SSSR count).